The Hall–Kier alpha value is -3.57. The highest BCUT2D eigenvalue weighted by Crippen LogP contribution is 2.28. The van der Waals surface area contributed by atoms with Crippen LogP contribution in [0.3, 0.4) is 0 Å². The zero-order chi connectivity index (χ0) is 24.1. The van der Waals surface area contributed by atoms with E-state index in [1.807, 2.05) is 13.0 Å². The van der Waals surface area contributed by atoms with Crippen molar-refractivity contribution in [3.8, 4) is 5.75 Å². The molecule has 0 spiro atoms. The Morgan fingerprint density at radius 1 is 1.18 bits per heavy atom. The molecule has 10 nitrogen and oxygen atoms in total. The molecule has 4 rings (SSSR count). The van der Waals surface area contributed by atoms with Gasteiger partial charge in [-0.05, 0) is 43.3 Å². The van der Waals surface area contributed by atoms with Gasteiger partial charge in [0.15, 0.2) is 18.1 Å². The van der Waals surface area contributed by atoms with Crippen LogP contribution in [0.25, 0.3) is 0 Å². The van der Waals surface area contributed by atoms with E-state index in [0.717, 1.165) is 4.47 Å². The average molecular weight is 548 g/mol. The number of nitrogens with zero attached hydrogens (tertiary/aromatic N) is 4. The van der Waals surface area contributed by atoms with E-state index in [2.05, 4.69) is 36.8 Å². The second kappa shape index (κ2) is 10.6. The molecule has 1 aromatic carbocycles. The minimum absolute atomic E-state index is 0.0584. The number of benzene rings is 1. The number of hydrogen-bond donors (Lipinski definition) is 2. The van der Waals surface area contributed by atoms with E-state index in [1.165, 1.54) is 10.9 Å². The molecule has 12 heteroatoms. The van der Waals surface area contributed by atoms with Crippen LogP contribution in [-0.2, 0) is 19.8 Å². The molecule has 176 valence electrons. The normalized spacial score (nSPS) is 10.8. The van der Waals surface area contributed by atoms with Crippen LogP contribution >= 0.6 is 27.5 Å². The van der Waals surface area contributed by atoms with Gasteiger partial charge in [0.05, 0.1) is 23.5 Å². The summed E-state index contributed by atoms with van der Waals surface area (Å²) in [4.78, 5) is 25.4. The van der Waals surface area contributed by atoms with Gasteiger partial charge in [-0.25, -0.2) is 4.68 Å². The summed E-state index contributed by atoms with van der Waals surface area (Å²) in [5, 5.41) is 14.4. The Balaban J connectivity index is 1.41. The van der Waals surface area contributed by atoms with Crippen LogP contribution in [0.4, 0.5) is 5.69 Å². The summed E-state index contributed by atoms with van der Waals surface area (Å²) in [6.07, 6.45) is 4.72. The van der Waals surface area contributed by atoms with Crippen LogP contribution < -0.4 is 15.4 Å². The first kappa shape index (κ1) is 23.6. The molecule has 34 heavy (non-hydrogen) atoms. The number of aryl methyl sites for hydroxylation is 1. The number of carbonyl (C=O) groups is 2. The third-order valence-electron chi connectivity index (χ3n) is 4.67. The van der Waals surface area contributed by atoms with Crippen molar-refractivity contribution < 1.29 is 18.7 Å². The van der Waals surface area contributed by atoms with Crippen LogP contribution in [0, 0.1) is 0 Å². The van der Waals surface area contributed by atoms with E-state index in [4.69, 9.17) is 20.8 Å². The fraction of sp³-hybridized carbons (Fsp3) is 0.182. The molecule has 3 heterocycles. The molecule has 0 aliphatic rings. The predicted octanol–water partition coefficient (Wildman–Crippen LogP) is 4.33. The zero-order valence-electron chi connectivity index (χ0n) is 18.0. The van der Waals surface area contributed by atoms with Gasteiger partial charge in [0, 0.05) is 23.4 Å². The van der Waals surface area contributed by atoms with E-state index in [1.54, 1.807) is 47.4 Å². The van der Waals surface area contributed by atoms with E-state index >= 15 is 0 Å². The smallest absolute Gasteiger partial charge is 0.276 e. The summed E-state index contributed by atoms with van der Waals surface area (Å²) >= 11 is 9.49. The number of aromatic nitrogens is 4. The first-order chi connectivity index (χ1) is 16.4. The number of furan rings is 1. The van der Waals surface area contributed by atoms with Gasteiger partial charge in [-0.1, -0.05) is 27.5 Å². The first-order valence-corrected chi connectivity index (χ1v) is 11.4. The number of amides is 2. The van der Waals surface area contributed by atoms with Gasteiger partial charge in [-0.2, -0.15) is 10.2 Å². The van der Waals surface area contributed by atoms with Gasteiger partial charge in [-0.15, -0.1) is 0 Å². The molecular weight excluding hydrogens is 528 g/mol. The van der Waals surface area contributed by atoms with Crippen LogP contribution in [-0.4, -0.2) is 31.4 Å². The molecule has 0 aliphatic carbocycles. The maximum Gasteiger partial charge on any atom is 0.276 e. The number of anilines is 1. The molecule has 2 amide bonds. The lowest BCUT2D eigenvalue weighted by Gasteiger charge is -2.08. The van der Waals surface area contributed by atoms with Crippen molar-refractivity contribution in [3.63, 3.8) is 0 Å². The van der Waals surface area contributed by atoms with Crippen molar-refractivity contribution in [2.24, 2.45) is 0 Å². The maximum atomic E-state index is 12.8. The predicted molar refractivity (Wildman–Crippen MR) is 128 cm³/mol. The third kappa shape index (κ3) is 5.67. The minimum atomic E-state index is -0.490. The van der Waals surface area contributed by atoms with Gasteiger partial charge in [-0.3, -0.25) is 14.3 Å². The van der Waals surface area contributed by atoms with Crippen molar-refractivity contribution in [3.05, 3.63) is 81.7 Å². The van der Waals surface area contributed by atoms with E-state index < -0.39 is 11.8 Å². The summed E-state index contributed by atoms with van der Waals surface area (Å²) in [5.74, 6) is 0.162. The Bertz CT molecular complexity index is 1300. The number of carbonyl (C=O) groups excluding carboxylic acids is 2. The molecule has 0 fully saturated rings. The quantitative estimate of drug-likeness (QED) is 0.322. The van der Waals surface area contributed by atoms with Crippen molar-refractivity contribution in [1.82, 2.24) is 24.9 Å². The molecule has 2 N–H and O–H groups in total. The van der Waals surface area contributed by atoms with E-state index in [0.29, 0.717) is 23.1 Å². The number of hydrogen-bond acceptors (Lipinski definition) is 6. The second-order valence-electron chi connectivity index (χ2n) is 7.05. The van der Waals surface area contributed by atoms with E-state index in [-0.39, 0.29) is 30.4 Å². The maximum absolute atomic E-state index is 12.8. The highest BCUT2D eigenvalue weighted by Gasteiger charge is 2.20. The van der Waals surface area contributed by atoms with Crippen molar-refractivity contribution in [1.29, 1.82) is 0 Å². The average Bonchev–Trinajstić information content (AvgIpc) is 3.58. The zero-order valence-corrected chi connectivity index (χ0v) is 20.3. The Labute approximate surface area is 208 Å². The number of halogens is 2. The fourth-order valence-electron chi connectivity index (χ4n) is 2.98. The van der Waals surface area contributed by atoms with Crippen LogP contribution in [0.1, 0.15) is 33.7 Å². The standard InChI is InChI=1S/C22H20BrClN6O4/c1-2-29-12-18(20(28-29)22(32)25-11-15-4-3-9-33-15)26-21(31)17-7-8-30(27-17)13-34-19-6-5-14(23)10-16(19)24/h3-10,12H,2,11,13H2,1H3,(H,25,32)(H,26,31). The largest absolute Gasteiger partial charge is 0.470 e. The third-order valence-corrected chi connectivity index (χ3v) is 5.46. The fourth-order valence-corrected chi connectivity index (χ4v) is 3.70. The summed E-state index contributed by atoms with van der Waals surface area (Å²) in [6.45, 7) is 2.66. The molecule has 0 unspecified atom stereocenters. The molecule has 0 saturated heterocycles. The van der Waals surface area contributed by atoms with Crippen molar-refractivity contribution in [2.75, 3.05) is 5.32 Å². The molecule has 3 aromatic heterocycles. The van der Waals surface area contributed by atoms with Gasteiger partial charge >= 0.3 is 0 Å². The topological polar surface area (TPSA) is 116 Å². The molecule has 0 radical (unpaired) electrons. The highest BCUT2D eigenvalue weighted by molar-refractivity contribution is 9.10. The lowest BCUT2D eigenvalue weighted by molar-refractivity contribution is 0.0943. The van der Waals surface area contributed by atoms with Gasteiger partial charge in [0.2, 0.25) is 0 Å². The monoisotopic (exact) mass is 546 g/mol. The summed E-state index contributed by atoms with van der Waals surface area (Å²) in [5.41, 5.74) is 0.516. The second-order valence-corrected chi connectivity index (χ2v) is 8.37. The summed E-state index contributed by atoms with van der Waals surface area (Å²) in [7, 11) is 0. The van der Waals surface area contributed by atoms with Crippen LogP contribution in [0.2, 0.25) is 5.02 Å². The van der Waals surface area contributed by atoms with Gasteiger partial charge in [0.25, 0.3) is 11.8 Å². The molecule has 0 aliphatic heterocycles. The Kier molecular flexibility index (Phi) is 7.33. The highest BCUT2D eigenvalue weighted by atomic mass is 79.9. The molecule has 0 atom stereocenters. The van der Waals surface area contributed by atoms with Crippen LogP contribution in [0.5, 0.6) is 5.75 Å². The van der Waals surface area contributed by atoms with Crippen LogP contribution in [0.15, 0.2) is 63.9 Å². The minimum Gasteiger partial charge on any atom is -0.470 e. The number of rotatable bonds is 9. The molecule has 0 bridgehead atoms. The Morgan fingerprint density at radius 2 is 2.03 bits per heavy atom. The first-order valence-electron chi connectivity index (χ1n) is 10.2. The Morgan fingerprint density at radius 3 is 2.76 bits per heavy atom. The number of ether oxygens (including phenoxy) is 1. The van der Waals surface area contributed by atoms with Gasteiger partial charge in [0.1, 0.15) is 11.5 Å². The van der Waals surface area contributed by atoms with Gasteiger partial charge < -0.3 is 19.8 Å². The lowest BCUT2D eigenvalue weighted by Crippen LogP contribution is -2.25. The summed E-state index contributed by atoms with van der Waals surface area (Å²) in [6, 6.07) is 10.3. The number of nitrogens with one attached hydrogen (secondary N) is 2. The van der Waals surface area contributed by atoms with Crippen molar-refractivity contribution >= 4 is 45.0 Å². The van der Waals surface area contributed by atoms with E-state index in [9.17, 15) is 9.59 Å². The molecular formula is C22H20BrClN6O4. The SMILES string of the molecule is CCn1cc(NC(=O)c2ccn(COc3ccc(Br)cc3Cl)n2)c(C(=O)NCc2ccco2)n1. The molecule has 0 saturated carbocycles. The van der Waals surface area contributed by atoms with Crippen molar-refractivity contribution in [2.45, 2.75) is 26.7 Å². The summed E-state index contributed by atoms with van der Waals surface area (Å²) < 4.78 is 14.7. The lowest BCUT2D eigenvalue weighted by atomic mass is 10.3. The molecule has 4 aromatic rings.